The van der Waals surface area contributed by atoms with Gasteiger partial charge in [0.05, 0.1) is 6.61 Å². The third kappa shape index (κ3) is 2.47. The summed E-state index contributed by atoms with van der Waals surface area (Å²) < 4.78 is 66.5. The van der Waals surface area contributed by atoms with Crippen molar-refractivity contribution in [3.63, 3.8) is 0 Å². The van der Waals surface area contributed by atoms with Crippen LogP contribution < -0.4 is 10.1 Å². The van der Waals surface area contributed by atoms with Gasteiger partial charge in [0.1, 0.15) is 5.75 Å². The quantitative estimate of drug-likeness (QED) is 0.846. The van der Waals surface area contributed by atoms with Gasteiger partial charge in [0.2, 0.25) is 0 Å². The van der Waals surface area contributed by atoms with Crippen molar-refractivity contribution in [3.8, 4) is 5.75 Å². The van der Waals surface area contributed by atoms with Crippen molar-refractivity contribution < 1.29 is 31.5 Å². The van der Waals surface area contributed by atoms with E-state index in [0.29, 0.717) is 24.3 Å². The minimum Gasteiger partial charge on any atom is -0.493 e. The number of hydrogen-bond acceptors (Lipinski definition) is 2. The highest BCUT2D eigenvalue weighted by Crippen LogP contribution is 2.36. The molecule has 0 spiro atoms. The maximum atomic E-state index is 12.7. The number of carbonyl (C=O) groups is 1. The molecule has 19 heavy (non-hydrogen) atoms. The van der Waals surface area contributed by atoms with Crippen molar-refractivity contribution >= 4 is 11.6 Å². The molecule has 0 saturated heterocycles. The van der Waals surface area contributed by atoms with Crippen LogP contribution >= 0.6 is 0 Å². The molecule has 0 fully saturated rings. The van der Waals surface area contributed by atoms with Crippen LogP contribution in [0.4, 0.5) is 27.6 Å². The number of carbonyl (C=O) groups excluding carboxylic acids is 1. The van der Waals surface area contributed by atoms with Crippen LogP contribution in [-0.4, -0.2) is 24.6 Å². The third-order valence-electron chi connectivity index (χ3n) is 2.59. The summed E-state index contributed by atoms with van der Waals surface area (Å²) in [6.45, 7) is 0.408. The highest BCUT2D eigenvalue weighted by Gasteiger charge is 2.63. The maximum absolute atomic E-state index is 12.7. The third-order valence-corrected chi connectivity index (χ3v) is 2.59. The van der Waals surface area contributed by atoms with Crippen molar-refractivity contribution in [1.82, 2.24) is 0 Å². The fraction of sp³-hybridized carbons (Fsp3) is 0.364. The number of fused-ring (bicyclic) bond motifs is 1. The minimum absolute atomic E-state index is 0.127. The molecule has 1 N–H and O–H groups in total. The zero-order valence-electron chi connectivity index (χ0n) is 9.35. The van der Waals surface area contributed by atoms with Gasteiger partial charge in [-0.1, -0.05) is 0 Å². The van der Waals surface area contributed by atoms with E-state index in [0.717, 1.165) is 0 Å². The van der Waals surface area contributed by atoms with E-state index >= 15 is 0 Å². The van der Waals surface area contributed by atoms with Crippen LogP contribution in [0.15, 0.2) is 18.2 Å². The van der Waals surface area contributed by atoms with Crippen LogP contribution in [0, 0.1) is 0 Å². The Hall–Kier alpha value is -1.86. The molecule has 3 nitrogen and oxygen atoms in total. The van der Waals surface area contributed by atoms with E-state index < -0.39 is 18.0 Å². The van der Waals surface area contributed by atoms with Crippen molar-refractivity contribution in [2.75, 3.05) is 11.9 Å². The van der Waals surface area contributed by atoms with E-state index in [1.54, 1.807) is 5.32 Å². The first kappa shape index (κ1) is 13.6. The molecule has 2 rings (SSSR count). The summed E-state index contributed by atoms with van der Waals surface area (Å²) in [5.41, 5.74) is 0.520. The average Bonchev–Trinajstić information content (AvgIpc) is 2.74. The number of benzene rings is 1. The van der Waals surface area contributed by atoms with Gasteiger partial charge in [0, 0.05) is 12.1 Å². The van der Waals surface area contributed by atoms with Gasteiger partial charge in [-0.3, -0.25) is 4.79 Å². The normalized spacial score (nSPS) is 14.8. The molecular formula is C11H8F5NO2. The molecule has 0 radical (unpaired) electrons. The van der Waals surface area contributed by atoms with Crippen molar-refractivity contribution in [1.29, 1.82) is 0 Å². The molecule has 1 aliphatic rings. The molecule has 1 heterocycles. The molecule has 1 aromatic carbocycles. The molecule has 0 aliphatic carbocycles. The predicted molar refractivity (Wildman–Crippen MR) is 55.3 cm³/mol. The Kier molecular flexibility index (Phi) is 3.11. The Morgan fingerprint density at radius 1 is 1.21 bits per heavy atom. The molecule has 0 atom stereocenters. The molecule has 8 heteroatoms. The summed E-state index contributed by atoms with van der Waals surface area (Å²) in [4.78, 5) is 11.0. The van der Waals surface area contributed by atoms with Crippen LogP contribution in [0.5, 0.6) is 5.75 Å². The zero-order chi connectivity index (χ0) is 14.3. The lowest BCUT2D eigenvalue weighted by Gasteiger charge is -2.18. The number of amides is 1. The van der Waals surface area contributed by atoms with Crippen LogP contribution in [0.2, 0.25) is 0 Å². The van der Waals surface area contributed by atoms with Gasteiger partial charge < -0.3 is 10.1 Å². The van der Waals surface area contributed by atoms with Crippen LogP contribution in [0.3, 0.4) is 0 Å². The molecule has 104 valence electrons. The minimum atomic E-state index is -5.92. The Morgan fingerprint density at radius 2 is 1.89 bits per heavy atom. The SMILES string of the molecule is O=C(Nc1ccc2c(c1)CCO2)C(F)(F)C(F)(F)F. The second-order valence-electron chi connectivity index (χ2n) is 3.95. The summed E-state index contributed by atoms with van der Waals surface area (Å²) in [7, 11) is 0. The van der Waals surface area contributed by atoms with E-state index in [-0.39, 0.29) is 5.69 Å². The Bertz CT molecular complexity index is 512. The largest absolute Gasteiger partial charge is 0.493 e. The van der Waals surface area contributed by atoms with Gasteiger partial charge in [0.25, 0.3) is 0 Å². The molecule has 1 amide bonds. The molecule has 1 aromatic rings. The summed E-state index contributed by atoms with van der Waals surface area (Å²) in [5.74, 6) is -7.30. The molecule has 0 unspecified atom stereocenters. The lowest BCUT2D eigenvalue weighted by Crippen LogP contribution is -2.47. The van der Waals surface area contributed by atoms with Crippen molar-refractivity contribution in [2.45, 2.75) is 18.5 Å². The standard InChI is InChI=1S/C11H8F5NO2/c12-10(13,11(14,15)16)9(18)17-7-1-2-8-6(5-7)3-4-19-8/h1-2,5H,3-4H2,(H,17,18). The molecule has 0 bridgehead atoms. The summed E-state index contributed by atoms with van der Waals surface area (Å²) in [5, 5.41) is 1.55. The first-order chi connectivity index (χ1) is 8.72. The van der Waals surface area contributed by atoms with E-state index in [2.05, 4.69) is 0 Å². The fourth-order valence-electron chi connectivity index (χ4n) is 1.60. The van der Waals surface area contributed by atoms with E-state index in [1.165, 1.54) is 18.2 Å². The molecule has 0 aromatic heterocycles. The number of rotatable bonds is 2. The zero-order valence-corrected chi connectivity index (χ0v) is 9.35. The summed E-state index contributed by atoms with van der Waals surface area (Å²) >= 11 is 0. The van der Waals surface area contributed by atoms with Crippen molar-refractivity contribution in [2.24, 2.45) is 0 Å². The highest BCUT2D eigenvalue weighted by atomic mass is 19.4. The Morgan fingerprint density at radius 3 is 2.53 bits per heavy atom. The van der Waals surface area contributed by atoms with Gasteiger partial charge in [-0.05, 0) is 23.8 Å². The number of anilines is 1. The van der Waals surface area contributed by atoms with Gasteiger partial charge in [-0.2, -0.15) is 22.0 Å². The van der Waals surface area contributed by atoms with E-state index in [9.17, 15) is 26.7 Å². The van der Waals surface area contributed by atoms with Crippen LogP contribution in [-0.2, 0) is 11.2 Å². The van der Waals surface area contributed by atoms with E-state index in [1.807, 2.05) is 0 Å². The Balaban J connectivity index is 2.16. The number of hydrogen-bond donors (Lipinski definition) is 1. The number of nitrogens with one attached hydrogen (secondary N) is 1. The lowest BCUT2D eigenvalue weighted by atomic mass is 10.1. The maximum Gasteiger partial charge on any atom is 0.463 e. The lowest BCUT2D eigenvalue weighted by molar-refractivity contribution is -0.267. The number of halogens is 5. The first-order valence-electron chi connectivity index (χ1n) is 5.23. The predicted octanol–water partition coefficient (Wildman–Crippen LogP) is 2.76. The second-order valence-corrected chi connectivity index (χ2v) is 3.95. The first-order valence-corrected chi connectivity index (χ1v) is 5.23. The summed E-state index contributed by atoms with van der Waals surface area (Å²) in [6.07, 6.45) is -5.41. The van der Waals surface area contributed by atoms with Gasteiger partial charge in [-0.15, -0.1) is 0 Å². The number of alkyl halides is 5. The van der Waals surface area contributed by atoms with Gasteiger partial charge >= 0.3 is 18.0 Å². The molecule has 0 saturated carbocycles. The molecular weight excluding hydrogens is 273 g/mol. The Labute approximate surface area is 104 Å². The topological polar surface area (TPSA) is 38.3 Å². The molecule has 1 aliphatic heterocycles. The monoisotopic (exact) mass is 281 g/mol. The van der Waals surface area contributed by atoms with Crippen LogP contribution in [0.25, 0.3) is 0 Å². The van der Waals surface area contributed by atoms with Gasteiger partial charge in [-0.25, -0.2) is 0 Å². The smallest absolute Gasteiger partial charge is 0.463 e. The summed E-state index contributed by atoms with van der Waals surface area (Å²) in [6, 6.07) is 3.92. The van der Waals surface area contributed by atoms with E-state index in [4.69, 9.17) is 4.74 Å². The fourth-order valence-corrected chi connectivity index (χ4v) is 1.60. The number of ether oxygens (including phenoxy) is 1. The highest BCUT2D eigenvalue weighted by molar-refractivity contribution is 5.96. The second kappa shape index (κ2) is 4.36. The average molecular weight is 281 g/mol. The van der Waals surface area contributed by atoms with Gasteiger partial charge in [0.15, 0.2) is 0 Å². The van der Waals surface area contributed by atoms with Crippen molar-refractivity contribution in [3.05, 3.63) is 23.8 Å². The van der Waals surface area contributed by atoms with Crippen LogP contribution in [0.1, 0.15) is 5.56 Å².